The number of ether oxygens (including phenoxy) is 2. The Morgan fingerprint density at radius 1 is 0.692 bits per heavy atom. The van der Waals surface area contributed by atoms with Crippen molar-refractivity contribution in [3.63, 3.8) is 0 Å². The van der Waals surface area contributed by atoms with E-state index in [9.17, 15) is 45.4 Å². The normalized spacial score (nSPS) is 13.6. The molecule has 0 aliphatic rings. The zero-order valence-electron chi connectivity index (χ0n) is 31.1. The van der Waals surface area contributed by atoms with E-state index >= 15 is 0 Å². The van der Waals surface area contributed by atoms with E-state index in [4.69, 9.17) is 9.47 Å². The van der Waals surface area contributed by atoms with Gasteiger partial charge in [0.1, 0.15) is 29.2 Å². The first-order chi connectivity index (χ1) is 23.9. The van der Waals surface area contributed by atoms with Crippen LogP contribution in [0.15, 0.2) is 36.4 Å². The van der Waals surface area contributed by atoms with Gasteiger partial charge in [-0.3, -0.25) is 13.9 Å². The third-order valence-corrected chi connectivity index (χ3v) is 12.1. The summed E-state index contributed by atoms with van der Waals surface area (Å²) in [4.78, 5) is 12.3. The molecule has 1 atom stereocenters. The average molecular weight is 795 g/mol. The first kappa shape index (κ1) is 47.6. The number of alkyl halides is 4. The van der Waals surface area contributed by atoms with Crippen LogP contribution < -0.4 is 9.47 Å². The van der Waals surface area contributed by atoms with Crippen molar-refractivity contribution in [3.05, 3.63) is 59.2 Å². The summed E-state index contributed by atoms with van der Waals surface area (Å²) >= 11 is 0. The number of hydrogen-bond donors (Lipinski definition) is 1. The maximum Gasteiger partial charge on any atom is 0.407 e. The number of aliphatic hydroxyl groups is 1. The molecule has 1 unspecified atom stereocenters. The molecule has 18 heteroatoms. The van der Waals surface area contributed by atoms with E-state index in [-0.39, 0.29) is 37.7 Å². The number of halogens is 6. The van der Waals surface area contributed by atoms with Crippen molar-refractivity contribution >= 4 is 21.0 Å². The molecule has 0 amide bonds. The largest absolute Gasteiger partial charge is 0.496 e. The summed E-state index contributed by atoms with van der Waals surface area (Å²) < 4.78 is 139. The number of benzene rings is 2. The predicted molar refractivity (Wildman–Crippen MR) is 184 cm³/mol. The van der Waals surface area contributed by atoms with E-state index < -0.39 is 73.7 Å². The highest BCUT2D eigenvalue weighted by molar-refractivity contribution is 7.56. The van der Waals surface area contributed by atoms with Crippen LogP contribution in [0.1, 0.15) is 79.4 Å². The smallest absolute Gasteiger partial charge is 0.407 e. The van der Waals surface area contributed by atoms with Crippen molar-refractivity contribution in [3.8, 4) is 11.5 Å². The van der Waals surface area contributed by atoms with Gasteiger partial charge >= 0.3 is 26.5 Å². The molecule has 0 saturated heterocycles. The van der Waals surface area contributed by atoms with Gasteiger partial charge in [-0.25, -0.2) is 8.78 Å². The van der Waals surface area contributed by atoms with Gasteiger partial charge in [0.05, 0.1) is 40.6 Å². The number of aliphatic hydroxyl groups excluding tert-OH is 1. The Labute approximate surface area is 301 Å². The Morgan fingerprint density at radius 3 is 1.42 bits per heavy atom. The zero-order chi connectivity index (χ0) is 40.3. The second-order valence-corrected chi connectivity index (χ2v) is 16.8. The molecule has 0 aliphatic carbocycles. The lowest BCUT2D eigenvalue weighted by Crippen LogP contribution is -2.39. The Balaban J connectivity index is 0.000000520. The van der Waals surface area contributed by atoms with Crippen LogP contribution in [0.3, 0.4) is 0 Å². The Hall–Kier alpha value is -2.45. The van der Waals surface area contributed by atoms with Gasteiger partial charge in [0, 0.05) is 23.0 Å². The van der Waals surface area contributed by atoms with E-state index in [1.165, 1.54) is 74.0 Å². The minimum Gasteiger partial charge on any atom is -0.496 e. The van der Waals surface area contributed by atoms with Crippen molar-refractivity contribution in [2.45, 2.75) is 96.5 Å². The minimum atomic E-state index is -4.97. The number of carbonyl (C=O) groups is 1. The first-order valence-electron chi connectivity index (χ1n) is 16.3. The molecule has 0 aromatic heterocycles. The lowest BCUT2D eigenvalue weighted by atomic mass is 9.79. The molecule has 0 saturated carbocycles. The van der Waals surface area contributed by atoms with Gasteiger partial charge < -0.3 is 32.7 Å². The van der Waals surface area contributed by atoms with Crippen LogP contribution in [0, 0.1) is 11.6 Å². The second kappa shape index (κ2) is 19.2. The van der Waals surface area contributed by atoms with Crippen molar-refractivity contribution in [1.82, 2.24) is 0 Å². The summed E-state index contributed by atoms with van der Waals surface area (Å²) in [6.45, 7) is 10.5. The van der Waals surface area contributed by atoms with Gasteiger partial charge in [0.15, 0.2) is 0 Å². The Kier molecular flexibility index (Phi) is 17.6. The molecule has 0 spiro atoms. The fourth-order valence-electron chi connectivity index (χ4n) is 5.16. The van der Waals surface area contributed by atoms with Gasteiger partial charge in [0.2, 0.25) is 5.78 Å². The van der Waals surface area contributed by atoms with Crippen LogP contribution in [-0.2, 0) is 42.8 Å². The average Bonchev–Trinajstić information content (AvgIpc) is 3.05. The topological polar surface area (TPSA) is 127 Å². The maximum atomic E-state index is 14.7. The van der Waals surface area contributed by atoms with Gasteiger partial charge in [-0.15, -0.1) is 0 Å². The zero-order valence-corrected chi connectivity index (χ0v) is 32.9. The maximum absolute atomic E-state index is 14.7. The van der Waals surface area contributed by atoms with Crippen LogP contribution >= 0.6 is 15.2 Å². The van der Waals surface area contributed by atoms with E-state index in [0.29, 0.717) is 11.3 Å². The molecule has 10 nitrogen and oxygen atoms in total. The van der Waals surface area contributed by atoms with Gasteiger partial charge in [-0.1, -0.05) is 27.7 Å². The highest BCUT2D eigenvalue weighted by Crippen LogP contribution is 2.64. The molecule has 0 bridgehead atoms. The quantitative estimate of drug-likeness (QED) is 0.102. The van der Waals surface area contributed by atoms with Crippen LogP contribution in [0.2, 0.25) is 0 Å². The van der Waals surface area contributed by atoms with Crippen LogP contribution in [0.4, 0.5) is 26.3 Å². The molecule has 0 heterocycles. The molecule has 2 aromatic carbocycles. The molecule has 0 fully saturated rings. The van der Waals surface area contributed by atoms with Crippen molar-refractivity contribution in [2.24, 2.45) is 0 Å². The Bertz CT molecular complexity index is 1550. The number of ketones is 1. The van der Waals surface area contributed by atoms with Gasteiger partial charge in [0.25, 0.3) is 0 Å². The van der Waals surface area contributed by atoms with Gasteiger partial charge in [-0.05, 0) is 75.9 Å². The predicted octanol–water partition coefficient (Wildman–Crippen LogP) is 9.65. The minimum absolute atomic E-state index is 0.242. The summed E-state index contributed by atoms with van der Waals surface area (Å²) in [6.07, 6.45) is -3.58. The van der Waals surface area contributed by atoms with Crippen LogP contribution in [-0.4, -0.2) is 69.0 Å². The second-order valence-electron chi connectivity index (χ2n) is 12.6. The first-order valence-corrected chi connectivity index (χ1v) is 19.4. The number of hydrogen-bond acceptors (Lipinski definition) is 10. The molecular weight excluding hydrogens is 744 g/mol. The monoisotopic (exact) mass is 794 g/mol. The van der Waals surface area contributed by atoms with E-state index in [0.717, 1.165) is 18.2 Å². The number of carbonyl (C=O) groups excluding carboxylic acids is 1. The number of Topliss-reactive ketones (excluding diaryl/α,β-unsaturated/α-hetero) is 1. The molecule has 52 heavy (non-hydrogen) atoms. The number of methoxy groups -OCH3 is 2. The summed E-state index contributed by atoms with van der Waals surface area (Å²) in [6, 6.07) is 7.35. The molecular formula is C34H50F6O10P2. The summed E-state index contributed by atoms with van der Waals surface area (Å²) in [5.74, 6) is -2.22. The molecule has 2 aromatic rings. The van der Waals surface area contributed by atoms with Crippen LogP contribution in [0.25, 0.3) is 0 Å². The van der Waals surface area contributed by atoms with E-state index in [2.05, 4.69) is 18.1 Å². The summed E-state index contributed by atoms with van der Waals surface area (Å²) in [5.41, 5.74) is -10.2. The molecule has 2 rings (SSSR count). The molecule has 298 valence electrons. The third kappa shape index (κ3) is 11.3. The SMILES string of the molecule is CCOP(=O)(OCC)C(F)(F)C(=O)CC(C)(C)c1cc(F)ccc1OC.CCOP(=O)(OCC)C(F)(F)C(O)CC(C)(C)c1cc(F)ccc1OC. The lowest BCUT2D eigenvalue weighted by molar-refractivity contribution is -0.136. The van der Waals surface area contributed by atoms with Crippen molar-refractivity contribution < 1.29 is 72.9 Å². The molecule has 0 aliphatic heterocycles. The highest BCUT2D eigenvalue weighted by atomic mass is 31.2. The summed E-state index contributed by atoms with van der Waals surface area (Å²) in [7, 11) is -7.13. The fourth-order valence-corrected chi connectivity index (χ4v) is 8.18. The summed E-state index contributed by atoms with van der Waals surface area (Å²) in [5, 5.41) is 10.2. The lowest BCUT2D eigenvalue weighted by Gasteiger charge is -2.34. The fraction of sp³-hybridized carbons (Fsp3) is 0.618. The highest BCUT2D eigenvalue weighted by Gasteiger charge is 2.60. The van der Waals surface area contributed by atoms with Crippen molar-refractivity contribution in [2.75, 3.05) is 40.6 Å². The van der Waals surface area contributed by atoms with Gasteiger partial charge in [-0.2, -0.15) is 17.6 Å². The molecule has 1 N–H and O–H groups in total. The standard InChI is InChI=1S/C17H26F3O5P.C17H24F3O5P/c2*1-6-24-26(22,25-7-2)17(19,20)15(21)11-16(3,4)13-10-12(18)8-9-14(13)23-5/h8-10,15,21H,6-7,11H2,1-5H3;8-10H,6-7,11H2,1-5H3. The van der Waals surface area contributed by atoms with Crippen LogP contribution in [0.5, 0.6) is 11.5 Å². The van der Waals surface area contributed by atoms with E-state index in [1.54, 1.807) is 13.8 Å². The van der Waals surface area contributed by atoms with Crippen molar-refractivity contribution in [1.29, 1.82) is 0 Å². The van der Waals surface area contributed by atoms with E-state index in [1.807, 2.05) is 0 Å². The third-order valence-electron chi connectivity index (χ3n) is 7.73. The molecule has 0 radical (unpaired) electrons. The number of rotatable bonds is 20. The Morgan fingerprint density at radius 2 is 1.06 bits per heavy atom.